The summed E-state index contributed by atoms with van der Waals surface area (Å²) in [4.78, 5) is 10.8. The molecule has 0 aromatic heterocycles. The highest BCUT2D eigenvalue weighted by atomic mass is 16.5. The van der Waals surface area contributed by atoms with Crippen LogP contribution in [-0.4, -0.2) is 13.1 Å². The van der Waals surface area contributed by atoms with Gasteiger partial charge in [-0.25, -0.2) is 4.79 Å². The number of ether oxygens (including phenoxy) is 1. The Kier molecular flexibility index (Phi) is 14.6. The molecular formula is C17H32O2. The van der Waals surface area contributed by atoms with Crippen molar-refractivity contribution in [2.24, 2.45) is 0 Å². The van der Waals surface area contributed by atoms with Crippen LogP contribution in [0, 0.1) is 0 Å². The van der Waals surface area contributed by atoms with E-state index in [9.17, 15) is 4.79 Å². The van der Waals surface area contributed by atoms with Crippen molar-refractivity contribution in [3.8, 4) is 0 Å². The molecule has 0 saturated carbocycles. The lowest BCUT2D eigenvalue weighted by Gasteiger charge is -2.01. The summed E-state index contributed by atoms with van der Waals surface area (Å²) in [6, 6.07) is 0. The maximum absolute atomic E-state index is 10.8. The average Bonchev–Trinajstić information content (AvgIpc) is 2.43. The fraction of sp³-hybridized carbons (Fsp3) is 0.824. The highest BCUT2D eigenvalue weighted by Crippen LogP contribution is 2.11. The molecule has 0 spiro atoms. The third-order valence-corrected chi connectivity index (χ3v) is 3.43. The molecule has 0 atom stereocenters. The van der Waals surface area contributed by atoms with Crippen molar-refractivity contribution in [1.82, 2.24) is 0 Å². The van der Waals surface area contributed by atoms with Gasteiger partial charge in [0.2, 0.25) is 0 Å². The maximum atomic E-state index is 10.8. The van der Waals surface area contributed by atoms with Crippen molar-refractivity contribution in [3.63, 3.8) is 0 Å². The van der Waals surface area contributed by atoms with E-state index >= 15 is 0 Å². The molecule has 0 amide bonds. The molecule has 0 rings (SSSR count). The van der Waals surface area contributed by atoms with Gasteiger partial charge < -0.3 is 4.74 Å². The van der Waals surface area contributed by atoms with Crippen LogP contribution in [0.2, 0.25) is 0 Å². The van der Waals surface area contributed by atoms with Crippen molar-refractivity contribution >= 4 is 5.97 Å². The Morgan fingerprint density at radius 3 is 1.79 bits per heavy atom. The Bertz CT molecular complexity index is 221. The molecular weight excluding hydrogens is 236 g/mol. The van der Waals surface area contributed by atoms with E-state index in [1.807, 2.05) is 6.08 Å². The first-order chi connectivity index (χ1) is 9.31. The summed E-state index contributed by atoms with van der Waals surface area (Å²) in [7, 11) is 1.41. The van der Waals surface area contributed by atoms with E-state index in [4.69, 9.17) is 0 Å². The summed E-state index contributed by atoms with van der Waals surface area (Å²) in [5, 5.41) is 0. The van der Waals surface area contributed by atoms with Crippen molar-refractivity contribution in [2.45, 2.75) is 84.0 Å². The van der Waals surface area contributed by atoms with Crippen molar-refractivity contribution in [2.75, 3.05) is 7.11 Å². The number of rotatable bonds is 13. The van der Waals surface area contributed by atoms with E-state index in [0.717, 1.165) is 6.42 Å². The molecule has 0 heterocycles. The molecule has 0 fully saturated rings. The zero-order valence-corrected chi connectivity index (χ0v) is 13.0. The molecule has 0 aromatic rings. The van der Waals surface area contributed by atoms with Crippen molar-refractivity contribution < 1.29 is 9.53 Å². The van der Waals surface area contributed by atoms with Crippen LogP contribution in [0.15, 0.2) is 12.2 Å². The summed E-state index contributed by atoms with van der Waals surface area (Å²) in [5.74, 6) is -0.247. The molecule has 0 aromatic carbocycles. The van der Waals surface area contributed by atoms with Gasteiger partial charge in [0.1, 0.15) is 0 Å². The molecule has 19 heavy (non-hydrogen) atoms. The summed E-state index contributed by atoms with van der Waals surface area (Å²) < 4.78 is 4.53. The fourth-order valence-electron chi connectivity index (χ4n) is 2.17. The molecule has 2 nitrogen and oxygen atoms in total. The quantitative estimate of drug-likeness (QED) is 0.253. The first-order valence-corrected chi connectivity index (χ1v) is 8.05. The number of esters is 1. The minimum absolute atomic E-state index is 0.247. The van der Waals surface area contributed by atoms with Crippen LogP contribution >= 0.6 is 0 Å². The van der Waals surface area contributed by atoms with Gasteiger partial charge in [0.15, 0.2) is 0 Å². The van der Waals surface area contributed by atoms with Crippen LogP contribution in [0.4, 0.5) is 0 Å². The van der Waals surface area contributed by atoms with Gasteiger partial charge >= 0.3 is 5.97 Å². The van der Waals surface area contributed by atoms with Gasteiger partial charge in [0, 0.05) is 6.08 Å². The topological polar surface area (TPSA) is 26.3 Å². The lowest BCUT2D eigenvalue weighted by atomic mass is 10.1. The number of methoxy groups -OCH3 is 1. The summed E-state index contributed by atoms with van der Waals surface area (Å²) in [6.07, 6.45) is 19.4. The van der Waals surface area contributed by atoms with E-state index in [-0.39, 0.29) is 5.97 Å². The Morgan fingerprint density at radius 1 is 0.842 bits per heavy atom. The summed E-state index contributed by atoms with van der Waals surface area (Å²) >= 11 is 0. The summed E-state index contributed by atoms with van der Waals surface area (Å²) in [6.45, 7) is 2.26. The van der Waals surface area contributed by atoms with Gasteiger partial charge in [-0.3, -0.25) is 0 Å². The van der Waals surface area contributed by atoms with Gasteiger partial charge in [0.25, 0.3) is 0 Å². The standard InChI is InChI=1S/C17H32O2/c1-3-4-5-6-7-8-9-10-11-12-13-14-15-16-17(18)19-2/h15-16H,3-14H2,1-2H3/b16-15+. The van der Waals surface area contributed by atoms with Crippen LogP contribution < -0.4 is 0 Å². The fourth-order valence-corrected chi connectivity index (χ4v) is 2.17. The lowest BCUT2D eigenvalue weighted by molar-refractivity contribution is -0.134. The molecule has 0 radical (unpaired) electrons. The normalized spacial score (nSPS) is 11.1. The Hall–Kier alpha value is -0.790. The SMILES string of the molecule is CCCCCCCCCCCCC/C=C/C(=O)OC. The molecule has 0 saturated heterocycles. The number of unbranched alkanes of at least 4 members (excludes halogenated alkanes) is 11. The first-order valence-electron chi connectivity index (χ1n) is 8.05. The minimum atomic E-state index is -0.247. The monoisotopic (exact) mass is 268 g/mol. The van der Waals surface area contributed by atoms with Crippen LogP contribution in [0.25, 0.3) is 0 Å². The molecule has 0 aliphatic heterocycles. The first kappa shape index (κ1) is 18.2. The lowest BCUT2D eigenvalue weighted by Crippen LogP contribution is -1.93. The van der Waals surface area contributed by atoms with Crippen molar-refractivity contribution in [1.29, 1.82) is 0 Å². The summed E-state index contributed by atoms with van der Waals surface area (Å²) in [5.41, 5.74) is 0. The van der Waals surface area contributed by atoms with Gasteiger partial charge in [-0.1, -0.05) is 77.2 Å². The third kappa shape index (κ3) is 15.2. The molecule has 0 bridgehead atoms. The Labute approximate surface area is 119 Å². The number of carbonyl (C=O) groups excluding carboxylic acids is 1. The zero-order valence-electron chi connectivity index (χ0n) is 13.0. The van der Waals surface area contributed by atoms with E-state index in [0.29, 0.717) is 0 Å². The van der Waals surface area contributed by atoms with E-state index in [2.05, 4.69) is 11.7 Å². The number of hydrogen-bond donors (Lipinski definition) is 0. The number of hydrogen-bond acceptors (Lipinski definition) is 2. The van der Waals surface area contributed by atoms with E-state index < -0.39 is 0 Å². The van der Waals surface area contributed by atoms with Crippen LogP contribution in [0.1, 0.15) is 84.0 Å². The predicted octanol–water partition coefficient (Wildman–Crippen LogP) is 5.42. The molecule has 2 heteroatoms. The molecule has 0 aliphatic rings. The zero-order chi connectivity index (χ0) is 14.2. The molecule has 0 N–H and O–H groups in total. The second-order valence-corrected chi connectivity index (χ2v) is 5.25. The van der Waals surface area contributed by atoms with Crippen LogP contribution in [0.5, 0.6) is 0 Å². The van der Waals surface area contributed by atoms with E-state index in [1.165, 1.54) is 83.8 Å². The highest BCUT2D eigenvalue weighted by Gasteiger charge is 1.93. The number of carbonyl (C=O) groups is 1. The largest absolute Gasteiger partial charge is 0.466 e. The van der Waals surface area contributed by atoms with E-state index in [1.54, 1.807) is 0 Å². The average molecular weight is 268 g/mol. The smallest absolute Gasteiger partial charge is 0.330 e. The Balaban J connectivity index is 3.07. The molecule has 112 valence electrons. The Morgan fingerprint density at radius 2 is 1.32 bits per heavy atom. The van der Waals surface area contributed by atoms with Gasteiger partial charge in [-0.05, 0) is 12.8 Å². The molecule has 0 unspecified atom stereocenters. The second-order valence-electron chi connectivity index (χ2n) is 5.25. The van der Waals surface area contributed by atoms with Gasteiger partial charge in [-0.15, -0.1) is 0 Å². The van der Waals surface area contributed by atoms with Gasteiger partial charge in [-0.2, -0.15) is 0 Å². The van der Waals surface area contributed by atoms with Crippen LogP contribution in [-0.2, 0) is 9.53 Å². The minimum Gasteiger partial charge on any atom is -0.466 e. The van der Waals surface area contributed by atoms with Gasteiger partial charge in [0.05, 0.1) is 7.11 Å². The van der Waals surface area contributed by atoms with Crippen LogP contribution in [0.3, 0.4) is 0 Å². The van der Waals surface area contributed by atoms with Crippen molar-refractivity contribution in [3.05, 3.63) is 12.2 Å². The number of allylic oxidation sites excluding steroid dienone is 1. The second kappa shape index (κ2) is 15.3. The maximum Gasteiger partial charge on any atom is 0.330 e. The molecule has 0 aliphatic carbocycles. The third-order valence-electron chi connectivity index (χ3n) is 3.43. The highest BCUT2D eigenvalue weighted by molar-refractivity contribution is 5.81. The predicted molar refractivity (Wildman–Crippen MR) is 82.2 cm³/mol.